The molecule has 1 aromatic heterocycles. The molecule has 0 saturated carbocycles. The summed E-state index contributed by atoms with van der Waals surface area (Å²) in [5.41, 5.74) is 1.21. The van der Waals surface area contributed by atoms with E-state index in [9.17, 15) is 0 Å². The Balaban J connectivity index is 2.03. The van der Waals surface area contributed by atoms with Crippen LogP contribution >= 0.6 is 0 Å². The van der Waals surface area contributed by atoms with Crippen molar-refractivity contribution in [1.29, 1.82) is 0 Å². The molecule has 2 heterocycles. The van der Waals surface area contributed by atoms with Crippen LogP contribution in [0.3, 0.4) is 0 Å². The zero-order valence-electron chi connectivity index (χ0n) is 10.5. The predicted octanol–water partition coefficient (Wildman–Crippen LogP) is 2.52. The fourth-order valence-electron chi connectivity index (χ4n) is 2.21. The number of aromatic nitrogens is 2. The van der Waals surface area contributed by atoms with Crippen LogP contribution in [0.5, 0.6) is 0 Å². The van der Waals surface area contributed by atoms with E-state index in [1.165, 1.54) is 12.0 Å². The molecule has 1 aliphatic heterocycles. The Labute approximate surface area is 97.9 Å². The van der Waals surface area contributed by atoms with Crippen molar-refractivity contribution >= 4 is 5.95 Å². The summed E-state index contributed by atoms with van der Waals surface area (Å²) in [4.78, 5) is 11.2. The lowest BCUT2D eigenvalue weighted by atomic mass is 9.95. The molecule has 0 aromatic carbocycles. The van der Waals surface area contributed by atoms with Crippen molar-refractivity contribution in [2.45, 2.75) is 33.6 Å². The van der Waals surface area contributed by atoms with Gasteiger partial charge in [0.15, 0.2) is 0 Å². The maximum atomic E-state index is 4.44. The van der Waals surface area contributed by atoms with Gasteiger partial charge in [-0.1, -0.05) is 20.8 Å². The van der Waals surface area contributed by atoms with E-state index in [-0.39, 0.29) is 0 Å². The first-order valence-electron chi connectivity index (χ1n) is 6.26. The standard InChI is InChI=1S/C13H21N3/c1-4-11-7-14-13(15-8-11)16-6-5-12(9-16)10(2)3/h7-8,10,12H,4-6,9H2,1-3H3. The normalized spacial score (nSPS) is 20.8. The Morgan fingerprint density at radius 2 is 2.06 bits per heavy atom. The van der Waals surface area contributed by atoms with Crippen LogP contribution in [0.2, 0.25) is 0 Å². The molecular weight excluding hydrogens is 198 g/mol. The molecule has 3 nitrogen and oxygen atoms in total. The Morgan fingerprint density at radius 1 is 1.38 bits per heavy atom. The van der Waals surface area contributed by atoms with Gasteiger partial charge in [0.05, 0.1) is 0 Å². The molecule has 16 heavy (non-hydrogen) atoms. The lowest BCUT2D eigenvalue weighted by Gasteiger charge is -2.17. The molecule has 2 rings (SSSR count). The van der Waals surface area contributed by atoms with Crippen molar-refractivity contribution in [2.24, 2.45) is 11.8 Å². The Bertz CT molecular complexity index is 332. The third kappa shape index (κ3) is 2.34. The van der Waals surface area contributed by atoms with E-state index in [0.717, 1.165) is 37.3 Å². The van der Waals surface area contributed by atoms with E-state index in [0.29, 0.717) is 0 Å². The Hall–Kier alpha value is -1.12. The predicted molar refractivity (Wildman–Crippen MR) is 66.6 cm³/mol. The highest BCUT2D eigenvalue weighted by Crippen LogP contribution is 2.25. The minimum atomic E-state index is 0.764. The second-order valence-corrected chi connectivity index (χ2v) is 4.98. The molecule has 0 aliphatic carbocycles. The fraction of sp³-hybridized carbons (Fsp3) is 0.692. The van der Waals surface area contributed by atoms with E-state index in [1.807, 2.05) is 12.4 Å². The first kappa shape index (κ1) is 11.4. The summed E-state index contributed by atoms with van der Waals surface area (Å²) in [6.45, 7) is 8.95. The van der Waals surface area contributed by atoms with Crippen LogP contribution in [0, 0.1) is 11.8 Å². The van der Waals surface area contributed by atoms with Gasteiger partial charge in [0.25, 0.3) is 0 Å². The van der Waals surface area contributed by atoms with Gasteiger partial charge in [0.1, 0.15) is 0 Å². The molecule has 1 fully saturated rings. The van der Waals surface area contributed by atoms with Gasteiger partial charge < -0.3 is 4.90 Å². The highest BCUT2D eigenvalue weighted by atomic mass is 15.3. The fourth-order valence-corrected chi connectivity index (χ4v) is 2.21. The zero-order valence-corrected chi connectivity index (χ0v) is 10.5. The van der Waals surface area contributed by atoms with Gasteiger partial charge in [-0.15, -0.1) is 0 Å². The molecule has 1 saturated heterocycles. The maximum Gasteiger partial charge on any atom is 0.225 e. The van der Waals surface area contributed by atoms with E-state index in [4.69, 9.17) is 0 Å². The van der Waals surface area contributed by atoms with Crippen molar-refractivity contribution < 1.29 is 0 Å². The molecule has 0 spiro atoms. The molecule has 1 aliphatic rings. The monoisotopic (exact) mass is 219 g/mol. The molecule has 0 N–H and O–H groups in total. The van der Waals surface area contributed by atoms with Gasteiger partial charge >= 0.3 is 0 Å². The summed E-state index contributed by atoms with van der Waals surface area (Å²) >= 11 is 0. The molecule has 1 unspecified atom stereocenters. The van der Waals surface area contributed by atoms with Crippen molar-refractivity contribution in [3.05, 3.63) is 18.0 Å². The smallest absolute Gasteiger partial charge is 0.225 e. The van der Waals surface area contributed by atoms with E-state index in [2.05, 4.69) is 35.6 Å². The third-order valence-electron chi connectivity index (χ3n) is 3.55. The second-order valence-electron chi connectivity index (χ2n) is 4.98. The summed E-state index contributed by atoms with van der Waals surface area (Å²) in [5, 5.41) is 0. The summed E-state index contributed by atoms with van der Waals surface area (Å²) in [6, 6.07) is 0. The van der Waals surface area contributed by atoms with Gasteiger partial charge in [-0.3, -0.25) is 0 Å². The Kier molecular flexibility index (Phi) is 3.42. The summed E-state index contributed by atoms with van der Waals surface area (Å²) in [6.07, 6.45) is 6.18. The summed E-state index contributed by atoms with van der Waals surface area (Å²) in [5.74, 6) is 2.47. The van der Waals surface area contributed by atoms with Gasteiger partial charge in [-0.2, -0.15) is 0 Å². The average molecular weight is 219 g/mol. The number of aryl methyl sites for hydroxylation is 1. The highest BCUT2D eigenvalue weighted by molar-refractivity contribution is 5.31. The SMILES string of the molecule is CCc1cnc(N2CCC(C(C)C)C2)nc1. The number of hydrogen-bond donors (Lipinski definition) is 0. The number of anilines is 1. The van der Waals surface area contributed by atoms with E-state index >= 15 is 0 Å². The summed E-state index contributed by atoms with van der Waals surface area (Å²) < 4.78 is 0. The van der Waals surface area contributed by atoms with E-state index in [1.54, 1.807) is 0 Å². The molecule has 1 atom stereocenters. The van der Waals surface area contributed by atoms with Gasteiger partial charge in [0, 0.05) is 25.5 Å². The van der Waals surface area contributed by atoms with Crippen molar-refractivity contribution in [1.82, 2.24) is 9.97 Å². The first-order chi connectivity index (χ1) is 7.70. The van der Waals surface area contributed by atoms with Crippen LogP contribution in [-0.2, 0) is 6.42 Å². The largest absolute Gasteiger partial charge is 0.341 e. The molecule has 3 heteroatoms. The van der Waals surface area contributed by atoms with Crippen LogP contribution in [0.1, 0.15) is 32.8 Å². The van der Waals surface area contributed by atoms with Crippen molar-refractivity contribution in [3.63, 3.8) is 0 Å². The van der Waals surface area contributed by atoms with Crippen LogP contribution in [0.15, 0.2) is 12.4 Å². The summed E-state index contributed by atoms with van der Waals surface area (Å²) in [7, 11) is 0. The minimum absolute atomic E-state index is 0.764. The third-order valence-corrected chi connectivity index (χ3v) is 3.55. The van der Waals surface area contributed by atoms with Gasteiger partial charge in [0.2, 0.25) is 5.95 Å². The Morgan fingerprint density at radius 3 is 2.56 bits per heavy atom. The number of rotatable bonds is 3. The van der Waals surface area contributed by atoms with Crippen molar-refractivity contribution in [3.8, 4) is 0 Å². The molecule has 0 amide bonds. The minimum Gasteiger partial charge on any atom is -0.341 e. The van der Waals surface area contributed by atoms with Crippen molar-refractivity contribution in [2.75, 3.05) is 18.0 Å². The molecule has 0 radical (unpaired) electrons. The molecule has 88 valence electrons. The maximum absolute atomic E-state index is 4.44. The van der Waals surface area contributed by atoms with Crippen LogP contribution in [0.4, 0.5) is 5.95 Å². The zero-order chi connectivity index (χ0) is 11.5. The molecule has 1 aromatic rings. The first-order valence-corrected chi connectivity index (χ1v) is 6.26. The number of nitrogens with zero attached hydrogens (tertiary/aromatic N) is 3. The topological polar surface area (TPSA) is 29.0 Å². The lowest BCUT2D eigenvalue weighted by molar-refractivity contribution is 0.422. The van der Waals surface area contributed by atoms with E-state index < -0.39 is 0 Å². The highest BCUT2D eigenvalue weighted by Gasteiger charge is 2.26. The quantitative estimate of drug-likeness (QED) is 0.782. The van der Waals surface area contributed by atoms with Crippen LogP contribution < -0.4 is 4.90 Å². The average Bonchev–Trinajstić information content (AvgIpc) is 2.78. The molecular formula is C13H21N3. The second kappa shape index (κ2) is 4.81. The van der Waals surface area contributed by atoms with Crippen LogP contribution in [-0.4, -0.2) is 23.1 Å². The van der Waals surface area contributed by atoms with Crippen LogP contribution in [0.25, 0.3) is 0 Å². The van der Waals surface area contributed by atoms with Gasteiger partial charge in [-0.05, 0) is 30.2 Å². The number of hydrogen-bond acceptors (Lipinski definition) is 3. The van der Waals surface area contributed by atoms with Gasteiger partial charge in [-0.25, -0.2) is 9.97 Å². The molecule has 0 bridgehead atoms. The lowest BCUT2D eigenvalue weighted by Crippen LogP contribution is -2.23.